The van der Waals surface area contributed by atoms with Gasteiger partial charge in [-0.15, -0.1) is 0 Å². The maximum Gasteiger partial charge on any atom is 0.301 e. The molecule has 0 amide bonds. The molecule has 1 aromatic rings. The second-order valence-electron chi connectivity index (χ2n) is 2.36. The van der Waals surface area contributed by atoms with E-state index in [1.165, 1.54) is 4.68 Å². The summed E-state index contributed by atoms with van der Waals surface area (Å²) in [5, 5.41) is 3.72. The zero-order chi connectivity index (χ0) is 8.77. The Bertz CT molecular complexity index is 407. The third-order valence-corrected chi connectivity index (χ3v) is 2.42. The lowest BCUT2D eigenvalue weighted by Crippen LogP contribution is -1.99. The Morgan fingerprint density at radius 3 is 3.08 bits per heavy atom. The fourth-order valence-electron chi connectivity index (χ4n) is 1.07. The molecule has 0 saturated heterocycles. The van der Waals surface area contributed by atoms with E-state index in [4.69, 9.17) is 9.29 Å². The Morgan fingerprint density at radius 2 is 2.42 bits per heavy atom. The van der Waals surface area contributed by atoms with E-state index in [0.717, 1.165) is 6.20 Å². The summed E-state index contributed by atoms with van der Waals surface area (Å²) in [5.41, 5.74) is 0. The smallest absolute Gasteiger partial charge is 0.301 e. The molecule has 1 aromatic heterocycles. The van der Waals surface area contributed by atoms with Crippen molar-refractivity contribution in [2.24, 2.45) is 0 Å². The van der Waals surface area contributed by atoms with Crippen molar-refractivity contribution in [2.45, 2.75) is 11.4 Å². The Hall–Kier alpha value is -1.08. The molecule has 0 aromatic carbocycles. The minimum atomic E-state index is -4.19. The summed E-state index contributed by atoms with van der Waals surface area (Å²) < 4.78 is 36.4. The number of aromatic nitrogens is 2. The number of hydrogen-bond acceptors (Lipinski definition) is 4. The summed E-state index contributed by atoms with van der Waals surface area (Å²) in [7, 11) is -4.19. The van der Waals surface area contributed by atoms with Gasteiger partial charge in [0.05, 0.1) is 12.7 Å². The van der Waals surface area contributed by atoms with Crippen LogP contribution >= 0.6 is 0 Å². The highest BCUT2D eigenvalue weighted by molar-refractivity contribution is 7.86. The average molecular weight is 190 g/mol. The van der Waals surface area contributed by atoms with E-state index in [1.807, 2.05) is 0 Å². The predicted molar refractivity (Wildman–Crippen MR) is 37.5 cm³/mol. The number of rotatable bonds is 1. The molecule has 1 N–H and O–H groups in total. The van der Waals surface area contributed by atoms with Gasteiger partial charge in [0.1, 0.15) is 6.61 Å². The van der Waals surface area contributed by atoms with Crippen molar-refractivity contribution in [3.05, 3.63) is 6.20 Å². The van der Waals surface area contributed by atoms with E-state index >= 15 is 0 Å². The van der Waals surface area contributed by atoms with Gasteiger partial charge in [0.25, 0.3) is 0 Å². The van der Waals surface area contributed by atoms with Gasteiger partial charge in [-0.05, 0) is 0 Å². The van der Waals surface area contributed by atoms with Gasteiger partial charge in [-0.1, -0.05) is 0 Å². The van der Waals surface area contributed by atoms with Gasteiger partial charge in [-0.3, -0.25) is 4.55 Å². The zero-order valence-corrected chi connectivity index (χ0v) is 6.78. The number of nitrogens with zero attached hydrogens (tertiary/aromatic N) is 2. The van der Waals surface area contributed by atoms with Crippen LogP contribution in [0.5, 0.6) is 5.88 Å². The first kappa shape index (κ1) is 7.56. The molecule has 0 atom stereocenters. The average Bonchev–Trinajstić information content (AvgIpc) is 2.37. The largest absolute Gasteiger partial charge is 0.475 e. The SMILES string of the molecule is O=S(=O)(O)c1cnn2c1OCC2. The summed E-state index contributed by atoms with van der Waals surface area (Å²) >= 11 is 0. The van der Waals surface area contributed by atoms with Crippen molar-refractivity contribution >= 4 is 10.1 Å². The van der Waals surface area contributed by atoms with Gasteiger partial charge >= 0.3 is 10.1 Å². The molecule has 0 radical (unpaired) electrons. The number of fused-ring (bicyclic) bond motifs is 1. The second kappa shape index (κ2) is 2.20. The van der Waals surface area contributed by atoms with Gasteiger partial charge < -0.3 is 4.74 Å². The van der Waals surface area contributed by atoms with E-state index in [9.17, 15) is 8.42 Å². The van der Waals surface area contributed by atoms with Crippen LogP contribution < -0.4 is 4.74 Å². The van der Waals surface area contributed by atoms with Gasteiger partial charge in [0.2, 0.25) is 5.88 Å². The van der Waals surface area contributed by atoms with E-state index in [1.54, 1.807) is 0 Å². The summed E-state index contributed by atoms with van der Waals surface area (Å²) in [5.74, 6) is 0.123. The minimum Gasteiger partial charge on any atom is -0.475 e. The summed E-state index contributed by atoms with van der Waals surface area (Å²) in [6, 6.07) is 0. The summed E-state index contributed by atoms with van der Waals surface area (Å²) in [4.78, 5) is -0.264. The van der Waals surface area contributed by atoms with E-state index in [2.05, 4.69) is 5.10 Å². The maximum atomic E-state index is 10.7. The molecule has 1 aliphatic heterocycles. The van der Waals surface area contributed by atoms with Crippen LogP contribution in [0.25, 0.3) is 0 Å². The van der Waals surface area contributed by atoms with Crippen LogP contribution in [0.2, 0.25) is 0 Å². The van der Waals surface area contributed by atoms with Crippen LogP contribution in [0, 0.1) is 0 Å². The van der Waals surface area contributed by atoms with Crippen molar-refractivity contribution in [2.75, 3.05) is 6.61 Å². The molecule has 0 spiro atoms. The normalized spacial score (nSPS) is 15.8. The minimum absolute atomic E-state index is 0.123. The highest BCUT2D eigenvalue weighted by Gasteiger charge is 2.25. The Balaban J connectivity index is 2.61. The molecule has 2 heterocycles. The third-order valence-electron chi connectivity index (χ3n) is 1.58. The summed E-state index contributed by atoms with van der Waals surface area (Å²) in [6.07, 6.45) is 1.07. The Labute approximate surface area is 68.5 Å². The van der Waals surface area contributed by atoms with Crippen LogP contribution in [-0.2, 0) is 16.7 Å². The highest BCUT2D eigenvalue weighted by atomic mass is 32.2. The van der Waals surface area contributed by atoms with Gasteiger partial charge in [0, 0.05) is 0 Å². The first-order valence-corrected chi connectivity index (χ1v) is 4.69. The fraction of sp³-hybridized carbons (Fsp3) is 0.400. The van der Waals surface area contributed by atoms with Crippen molar-refractivity contribution in [3.8, 4) is 5.88 Å². The van der Waals surface area contributed by atoms with Crippen LogP contribution in [0.3, 0.4) is 0 Å². The first-order valence-electron chi connectivity index (χ1n) is 3.25. The molecule has 0 unspecified atom stereocenters. The molecule has 0 aliphatic carbocycles. The quantitative estimate of drug-likeness (QED) is 0.605. The van der Waals surface area contributed by atoms with Crippen molar-refractivity contribution in [1.82, 2.24) is 9.78 Å². The molecular weight excluding hydrogens is 184 g/mol. The topological polar surface area (TPSA) is 81.4 Å². The van der Waals surface area contributed by atoms with Crippen LogP contribution in [-0.4, -0.2) is 29.4 Å². The van der Waals surface area contributed by atoms with Crippen molar-refractivity contribution in [3.63, 3.8) is 0 Å². The molecule has 12 heavy (non-hydrogen) atoms. The Kier molecular flexibility index (Phi) is 1.39. The molecule has 2 rings (SSSR count). The molecule has 7 heteroatoms. The lowest BCUT2D eigenvalue weighted by molar-refractivity contribution is 0.346. The maximum absolute atomic E-state index is 10.7. The molecule has 0 bridgehead atoms. The zero-order valence-electron chi connectivity index (χ0n) is 5.97. The molecule has 0 fully saturated rings. The fourth-order valence-corrected chi connectivity index (χ4v) is 1.63. The van der Waals surface area contributed by atoms with Gasteiger partial charge in [-0.25, -0.2) is 4.68 Å². The van der Waals surface area contributed by atoms with Gasteiger partial charge in [0.15, 0.2) is 4.90 Å². The van der Waals surface area contributed by atoms with Crippen LogP contribution in [0.4, 0.5) is 0 Å². The number of hydrogen-bond donors (Lipinski definition) is 1. The van der Waals surface area contributed by atoms with E-state index in [-0.39, 0.29) is 10.8 Å². The molecule has 6 nitrogen and oxygen atoms in total. The van der Waals surface area contributed by atoms with Gasteiger partial charge in [-0.2, -0.15) is 13.5 Å². The van der Waals surface area contributed by atoms with Crippen molar-refractivity contribution < 1.29 is 17.7 Å². The standard InChI is InChI=1S/C5H6N2O4S/c8-12(9,10)4-3-6-7-1-2-11-5(4)7/h3H,1-2H2,(H,8,9,10). The van der Waals surface area contributed by atoms with Crippen molar-refractivity contribution in [1.29, 1.82) is 0 Å². The molecule has 66 valence electrons. The summed E-state index contributed by atoms with van der Waals surface area (Å²) in [6.45, 7) is 0.913. The second-order valence-corrected chi connectivity index (χ2v) is 3.75. The van der Waals surface area contributed by atoms with E-state index < -0.39 is 10.1 Å². The number of ether oxygens (including phenoxy) is 1. The third kappa shape index (κ3) is 0.978. The lowest BCUT2D eigenvalue weighted by Gasteiger charge is -1.95. The lowest BCUT2D eigenvalue weighted by atomic mass is 10.7. The first-order chi connectivity index (χ1) is 5.59. The van der Waals surface area contributed by atoms with E-state index in [0.29, 0.717) is 13.2 Å². The highest BCUT2D eigenvalue weighted by Crippen LogP contribution is 2.26. The van der Waals surface area contributed by atoms with Crippen LogP contribution in [0.15, 0.2) is 11.1 Å². The molecule has 0 saturated carbocycles. The predicted octanol–water partition coefficient (Wildman–Crippen LogP) is -0.478. The molecule has 1 aliphatic rings. The monoisotopic (exact) mass is 190 g/mol. The molecular formula is C5H6N2O4S. The Morgan fingerprint density at radius 1 is 1.67 bits per heavy atom. The van der Waals surface area contributed by atoms with Crippen LogP contribution in [0.1, 0.15) is 0 Å².